The molecule has 15 heavy (non-hydrogen) atoms. The van der Waals surface area contributed by atoms with E-state index in [0.717, 1.165) is 38.8 Å². The van der Waals surface area contributed by atoms with E-state index in [1.807, 2.05) is 4.90 Å². The Hall–Kier alpha value is -0.640. The number of rotatable bonds is 2. The minimum absolute atomic E-state index is 0.00311. The van der Waals surface area contributed by atoms with E-state index in [9.17, 15) is 9.18 Å². The van der Waals surface area contributed by atoms with Crippen LogP contribution >= 0.6 is 0 Å². The van der Waals surface area contributed by atoms with Gasteiger partial charge < -0.3 is 10.2 Å². The summed E-state index contributed by atoms with van der Waals surface area (Å²) >= 11 is 0. The SMILES string of the molecule is O=C([C@@H]1CCCN1)N1CCC[C@H](CF)C1. The molecule has 2 fully saturated rings. The van der Waals surface area contributed by atoms with Crippen molar-refractivity contribution in [2.75, 3.05) is 26.3 Å². The van der Waals surface area contributed by atoms with E-state index >= 15 is 0 Å². The monoisotopic (exact) mass is 214 g/mol. The predicted octanol–water partition coefficient (Wildman–Crippen LogP) is 0.946. The van der Waals surface area contributed by atoms with Crippen LogP contribution in [0.2, 0.25) is 0 Å². The number of amides is 1. The lowest BCUT2D eigenvalue weighted by Crippen LogP contribution is -2.48. The number of halogens is 1. The molecule has 86 valence electrons. The molecule has 0 bridgehead atoms. The number of nitrogens with zero attached hydrogens (tertiary/aromatic N) is 1. The standard InChI is InChI=1S/C11H19FN2O/c12-7-9-3-2-6-14(8-9)11(15)10-4-1-5-13-10/h9-10,13H,1-8H2/t9-,10+/m1/s1. The highest BCUT2D eigenvalue weighted by Crippen LogP contribution is 2.19. The first-order valence-corrected chi connectivity index (χ1v) is 5.89. The molecule has 0 saturated carbocycles. The van der Waals surface area contributed by atoms with Crippen LogP contribution in [0.3, 0.4) is 0 Å². The maximum absolute atomic E-state index is 12.5. The zero-order valence-corrected chi connectivity index (χ0v) is 9.04. The minimum atomic E-state index is -0.290. The van der Waals surface area contributed by atoms with E-state index < -0.39 is 0 Å². The van der Waals surface area contributed by atoms with Crippen LogP contribution in [-0.2, 0) is 4.79 Å². The molecule has 0 aliphatic carbocycles. The normalized spacial score (nSPS) is 31.9. The maximum atomic E-state index is 12.5. The summed E-state index contributed by atoms with van der Waals surface area (Å²) in [7, 11) is 0. The van der Waals surface area contributed by atoms with Gasteiger partial charge in [0, 0.05) is 19.0 Å². The molecule has 0 aromatic rings. The summed E-state index contributed by atoms with van der Waals surface area (Å²) in [5.41, 5.74) is 0. The third-order valence-electron chi connectivity index (χ3n) is 3.41. The Morgan fingerprint density at radius 1 is 1.40 bits per heavy atom. The van der Waals surface area contributed by atoms with Gasteiger partial charge in [0.1, 0.15) is 0 Å². The van der Waals surface area contributed by atoms with E-state index in [4.69, 9.17) is 0 Å². The van der Waals surface area contributed by atoms with Crippen molar-refractivity contribution in [2.45, 2.75) is 31.7 Å². The summed E-state index contributed by atoms with van der Waals surface area (Å²) in [6.45, 7) is 2.08. The first-order chi connectivity index (χ1) is 7.31. The topological polar surface area (TPSA) is 32.3 Å². The van der Waals surface area contributed by atoms with E-state index in [2.05, 4.69) is 5.32 Å². The van der Waals surface area contributed by atoms with Gasteiger partial charge in [-0.3, -0.25) is 9.18 Å². The van der Waals surface area contributed by atoms with Crippen molar-refractivity contribution in [2.24, 2.45) is 5.92 Å². The summed E-state index contributed by atoms with van der Waals surface area (Å²) in [6, 6.07) is 0.00311. The number of piperidine rings is 1. The summed E-state index contributed by atoms with van der Waals surface area (Å²) in [4.78, 5) is 13.8. The number of carbonyl (C=O) groups is 1. The molecule has 0 unspecified atom stereocenters. The van der Waals surface area contributed by atoms with E-state index in [1.54, 1.807) is 0 Å². The van der Waals surface area contributed by atoms with Crippen molar-refractivity contribution < 1.29 is 9.18 Å². The number of hydrogen-bond acceptors (Lipinski definition) is 2. The van der Waals surface area contributed by atoms with Crippen molar-refractivity contribution in [1.29, 1.82) is 0 Å². The average Bonchev–Trinajstić information content (AvgIpc) is 2.81. The molecule has 2 heterocycles. The molecule has 1 N–H and O–H groups in total. The third kappa shape index (κ3) is 2.48. The van der Waals surface area contributed by atoms with Gasteiger partial charge in [-0.15, -0.1) is 0 Å². The molecule has 2 saturated heterocycles. The Kier molecular flexibility index (Phi) is 3.57. The van der Waals surface area contributed by atoms with Crippen LogP contribution in [0.5, 0.6) is 0 Å². The fourth-order valence-corrected chi connectivity index (χ4v) is 2.51. The van der Waals surface area contributed by atoms with Crippen molar-refractivity contribution >= 4 is 5.91 Å². The van der Waals surface area contributed by atoms with Crippen molar-refractivity contribution in [3.8, 4) is 0 Å². The van der Waals surface area contributed by atoms with E-state index in [1.165, 1.54) is 0 Å². The summed E-state index contributed by atoms with van der Waals surface area (Å²) in [6.07, 6.45) is 3.90. The highest BCUT2D eigenvalue weighted by Gasteiger charge is 2.30. The number of alkyl halides is 1. The van der Waals surface area contributed by atoms with E-state index in [-0.39, 0.29) is 24.5 Å². The Labute approximate surface area is 90.0 Å². The number of hydrogen-bond donors (Lipinski definition) is 1. The predicted molar refractivity (Wildman–Crippen MR) is 56.3 cm³/mol. The fraction of sp³-hybridized carbons (Fsp3) is 0.909. The van der Waals surface area contributed by atoms with Gasteiger partial charge in [-0.25, -0.2) is 0 Å². The molecular weight excluding hydrogens is 195 g/mol. The fourth-order valence-electron chi connectivity index (χ4n) is 2.51. The molecule has 2 atom stereocenters. The minimum Gasteiger partial charge on any atom is -0.341 e. The zero-order valence-electron chi connectivity index (χ0n) is 9.04. The summed E-state index contributed by atoms with van der Waals surface area (Å²) in [5, 5.41) is 3.20. The molecule has 0 spiro atoms. The van der Waals surface area contributed by atoms with Gasteiger partial charge in [0.05, 0.1) is 12.7 Å². The molecule has 3 nitrogen and oxygen atoms in total. The highest BCUT2D eigenvalue weighted by atomic mass is 19.1. The van der Waals surface area contributed by atoms with Gasteiger partial charge in [-0.05, 0) is 32.2 Å². The van der Waals surface area contributed by atoms with Gasteiger partial charge in [0.15, 0.2) is 0 Å². The largest absolute Gasteiger partial charge is 0.341 e. The van der Waals surface area contributed by atoms with Crippen LogP contribution < -0.4 is 5.32 Å². The van der Waals surface area contributed by atoms with Crippen molar-refractivity contribution in [3.05, 3.63) is 0 Å². The molecule has 1 amide bonds. The van der Waals surface area contributed by atoms with Gasteiger partial charge in [-0.1, -0.05) is 0 Å². The van der Waals surface area contributed by atoms with Crippen molar-refractivity contribution in [1.82, 2.24) is 10.2 Å². The molecule has 2 rings (SSSR count). The van der Waals surface area contributed by atoms with Crippen LogP contribution in [0.1, 0.15) is 25.7 Å². The van der Waals surface area contributed by atoms with Crippen LogP contribution in [0, 0.1) is 5.92 Å². The van der Waals surface area contributed by atoms with Gasteiger partial charge in [0.25, 0.3) is 0 Å². The second kappa shape index (κ2) is 4.92. The zero-order chi connectivity index (χ0) is 10.7. The lowest BCUT2D eigenvalue weighted by atomic mass is 9.98. The van der Waals surface area contributed by atoms with Crippen molar-refractivity contribution in [3.63, 3.8) is 0 Å². The van der Waals surface area contributed by atoms with Gasteiger partial charge in [0.2, 0.25) is 5.91 Å². The number of carbonyl (C=O) groups excluding carboxylic acids is 1. The second-order valence-electron chi connectivity index (χ2n) is 4.60. The molecule has 4 heteroatoms. The lowest BCUT2D eigenvalue weighted by Gasteiger charge is -2.33. The summed E-state index contributed by atoms with van der Waals surface area (Å²) < 4.78 is 12.5. The van der Waals surface area contributed by atoms with E-state index in [0.29, 0.717) is 6.54 Å². The first kappa shape index (κ1) is 10.9. The molecule has 0 aromatic carbocycles. The lowest BCUT2D eigenvalue weighted by molar-refractivity contribution is -0.135. The first-order valence-electron chi connectivity index (χ1n) is 5.89. The van der Waals surface area contributed by atoms with Crippen LogP contribution in [-0.4, -0.2) is 43.2 Å². The number of likely N-dealkylation sites (tertiary alicyclic amines) is 1. The molecule has 2 aliphatic rings. The Morgan fingerprint density at radius 3 is 2.93 bits per heavy atom. The Bertz CT molecular complexity index is 229. The second-order valence-corrected chi connectivity index (χ2v) is 4.60. The Morgan fingerprint density at radius 2 is 2.27 bits per heavy atom. The quantitative estimate of drug-likeness (QED) is 0.742. The summed E-state index contributed by atoms with van der Waals surface area (Å²) in [5.74, 6) is 0.259. The smallest absolute Gasteiger partial charge is 0.239 e. The molecule has 0 radical (unpaired) electrons. The molecular formula is C11H19FN2O. The molecule has 2 aliphatic heterocycles. The third-order valence-corrected chi connectivity index (χ3v) is 3.41. The molecule has 0 aromatic heterocycles. The van der Waals surface area contributed by atoms with Crippen LogP contribution in [0.15, 0.2) is 0 Å². The maximum Gasteiger partial charge on any atom is 0.239 e. The highest BCUT2D eigenvalue weighted by molar-refractivity contribution is 5.82. The van der Waals surface area contributed by atoms with Gasteiger partial charge in [-0.2, -0.15) is 0 Å². The van der Waals surface area contributed by atoms with Crippen LogP contribution in [0.25, 0.3) is 0 Å². The number of nitrogens with one attached hydrogen (secondary N) is 1. The average molecular weight is 214 g/mol. The van der Waals surface area contributed by atoms with Crippen LogP contribution in [0.4, 0.5) is 4.39 Å². The van der Waals surface area contributed by atoms with Gasteiger partial charge >= 0.3 is 0 Å². The Balaban J connectivity index is 1.88.